The fourth-order valence-corrected chi connectivity index (χ4v) is 3.36. The molecule has 2 fully saturated rings. The third-order valence-corrected chi connectivity index (χ3v) is 4.68. The van der Waals surface area contributed by atoms with E-state index in [4.69, 9.17) is 9.57 Å². The first-order valence-electron chi connectivity index (χ1n) is 8.08. The molecule has 20 heavy (non-hydrogen) atoms. The number of piperidine rings is 2. The van der Waals surface area contributed by atoms with Crippen molar-refractivity contribution >= 4 is 5.90 Å². The maximum Gasteiger partial charge on any atom is 0.229 e. The van der Waals surface area contributed by atoms with Gasteiger partial charge in [0.25, 0.3) is 0 Å². The fourth-order valence-electron chi connectivity index (χ4n) is 3.36. The highest BCUT2D eigenvalue weighted by molar-refractivity contribution is 5.78. The monoisotopic (exact) mass is 281 g/mol. The predicted molar refractivity (Wildman–Crippen MR) is 78.8 cm³/mol. The van der Waals surface area contributed by atoms with Crippen molar-refractivity contribution < 1.29 is 9.57 Å². The molecule has 0 N–H and O–H groups in total. The summed E-state index contributed by atoms with van der Waals surface area (Å²) < 4.78 is 6.13. The Labute approximate surface area is 121 Å². The van der Waals surface area contributed by atoms with Gasteiger partial charge in [0.15, 0.2) is 6.61 Å². The smallest absolute Gasteiger partial charge is 0.229 e. The molecule has 3 rings (SSSR count). The number of ether oxygens (including phenoxy) is 1. The SMILES string of the molecule is CN1CCC(C2=NOC[C@@H](CN3CCCCC3)O2)CC1. The molecule has 0 aliphatic carbocycles. The molecule has 0 unspecified atom stereocenters. The standard InChI is InChI=1S/C15H27N3O2/c1-17-9-5-13(6-10-17)15-16-19-12-14(20-15)11-18-7-3-2-4-8-18/h13-14H,2-12H2,1H3/t14-/m1/s1. The van der Waals surface area contributed by atoms with E-state index in [0.29, 0.717) is 12.5 Å². The van der Waals surface area contributed by atoms with Gasteiger partial charge in [0.2, 0.25) is 5.90 Å². The van der Waals surface area contributed by atoms with Gasteiger partial charge in [-0.1, -0.05) is 11.6 Å². The second kappa shape index (κ2) is 6.76. The van der Waals surface area contributed by atoms with Crippen molar-refractivity contribution in [3.8, 4) is 0 Å². The average Bonchev–Trinajstić information content (AvgIpc) is 2.49. The van der Waals surface area contributed by atoms with E-state index in [0.717, 1.165) is 38.4 Å². The van der Waals surface area contributed by atoms with E-state index >= 15 is 0 Å². The summed E-state index contributed by atoms with van der Waals surface area (Å²) in [5, 5.41) is 4.18. The van der Waals surface area contributed by atoms with Gasteiger partial charge in [-0.2, -0.15) is 0 Å². The van der Waals surface area contributed by atoms with E-state index in [2.05, 4.69) is 22.0 Å². The van der Waals surface area contributed by atoms with Crippen LogP contribution in [0.3, 0.4) is 0 Å². The molecule has 0 amide bonds. The summed E-state index contributed by atoms with van der Waals surface area (Å²) >= 11 is 0. The van der Waals surface area contributed by atoms with Crippen LogP contribution in [0.25, 0.3) is 0 Å². The molecule has 0 saturated carbocycles. The number of hydrogen-bond donors (Lipinski definition) is 0. The average molecular weight is 281 g/mol. The summed E-state index contributed by atoms with van der Waals surface area (Å²) in [7, 11) is 2.18. The van der Waals surface area contributed by atoms with Gasteiger partial charge in [0, 0.05) is 12.5 Å². The van der Waals surface area contributed by atoms with E-state index < -0.39 is 0 Å². The Balaban J connectivity index is 1.49. The summed E-state index contributed by atoms with van der Waals surface area (Å²) in [6.07, 6.45) is 6.46. The molecule has 0 aromatic carbocycles. The lowest BCUT2D eigenvalue weighted by molar-refractivity contribution is -0.0173. The molecule has 114 valence electrons. The minimum Gasteiger partial charge on any atom is -0.470 e. The van der Waals surface area contributed by atoms with E-state index in [9.17, 15) is 0 Å². The first kappa shape index (κ1) is 14.1. The molecule has 0 bridgehead atoms. The largest absolute Gasteiger partial charge is 0.470 e. The van der Waals surface area contributed by atoms with Crippen LogP contribution in [0.4, 0.5) is 0 Å². The minimum atomic E-state index is 0.167. The van der Waals surface area contributed by atoms with Crippen LogP contribution < -0.4 is 0 Å². The van der Waals surface area contributed by atoms with Crippen molar-refractivity contribution in [3.63, 3.8) is 0 Å². The van der Waals surface area contributed by atoms with Crippen LogP contribution in [-0.2, 0) is 9.57 Å². The molecule has 1 atom stereocenters. The van der Waals surface area contributed by atoms with E-state index in [1.807, 2.05) is 0 Å². The van der Waals surface area contributed by atoms with Crippen LogP contribution in [0, 0.1) is 5.92 Å². The van der Waals surface area contributed by atoms with Crippen molar-refractivity contribution in [2.45, 2.75) is 38.2 Å². The highest BCUT2D eigenvalue weighted by atomic mass is 16.7. The van der Waals surface area contributed by atoms with E-state index in [1.54, 1.807) is 0 Å². The summed E-state index contributed by atoms with van der Waals surface area (Å²) in [6, 6.07) is 0. The lowest BCUT2D eigenvalue weighted by atomic mass is 9.97. The van der Waals surface area contributed by atoms with Crippen LogP contribution in [0.15, 0.2) is 5.16 Å². The predicted octanol–water partition coefficient (Wildman–Crippen LogP) is 1.54. The first-order valence-corrected chi connectivity index (χ1v) is 8.08. The number of likely N-dealkylation sites (tertiary alicyclic amines) is 2. The van der Waals surface area contributed by atoms with Gasteiger partial charge in [-0.15, -0.1) is 0 Å². The Bertz CT molecular complexity index is 334. The lowest BCUT2D eigenvalue weighted by Gasteiger charge is -2.35. The maximum absolute atomic E-state index is 6.13. The molecule has 2 saturated heterocycles. The van der Waals surface area contributed by atoms with Gasteiger partial charge >= 0.3 is 0 Å². The zero-order valence-electron chi connectivity index (χ0n) is 12.6. The number of hydrogen-bond acceptors (Lipinski definition) is 5. The van der Waals surface area contributed by atoms with Gasteiger partial charge in [0.1, 0.15) is 6.10 Å². The number of oxime groups is 1. The Kier molecular flexibility index (Phi) is 4.78. The van der Waals surface area contributed by atoms with Crippen LogP contribution >= 0.6 is 0 Å². The molecular formula is C15H27N3O2. The highest BCUT2D eigenvalue weighted by Crippen LogP contribution is 2.22. The van der Waals surface area contributed by atoms with Gasteiger partial charge < -0.3 is 14.5 Å². The van der Waals surface area contributed by atoms with Gasteiger partial charge in [-0.3, -0.25) is 4.90 Å². The van der Waals surface area contributed by atoms with Crippen molar-refractivity contribution in [2.75, 3.05) is 46.4 Å². The van der Waals surface area contributed by atoms with Crippen LogP contribution in [0.1, 0.15) is 32.1 Å². The Hall–Kier alpha value is -0.810. The number of rotatable bonds is 3. The quantitative estimate of drug-likeness (QED) is 0.786. The van der Waals surface area contributed by atoms with Crippen LogP contribution in [0.5, 0.6) is 0 Å². The molecule has 3 aliphatic heterocycles. The maximum atomic E-state index is 6.13. The zero-order valence-corrected chi connectivity index (χ0v) is 12.6. The molecule has 0 aromatic heterocycles. The minimum absolute atomic E-state index is 0.167. The lowest BCUT2D eigenvalue weighted by Crippen LogP contribution is -2.44. The van der Waals surface area contributed by atoms with Crippen molar-refractivity contribution in [1.82, 2.24) is 9.80 Å². The van der Waals surface area contributed by atoms with Crippen molar-refractivity contribution in [1.29, 1.82) is 0 Å². The third-order valence-electron chi connectivity index (χ3n) is 4.68. The fraction of sp³-hybridized carbons (Fsp3) is 0.933. The summed E-state index contributed by atoms with van der Waals surface area (Å²) in [4.78, 5) is 10.3. The topological polar surface area (TPSA) is 37.3 Å². The molecule has 3 aliphatic rings. The molecule has 0 radical (unpaired) electrons. The summed E-state index contributed by atoms with van der Waals surface area (Å²) in [5.41, 5.74) is 0. The molecule has 3 heterocycles. The third kappa shape index (κ3) is 3.64. The van der Waals surface area contributed by atoms with E-state index in [-0.39, 0.29) is 6.10 Å². The molecule has 0 spiro atoms. The second-order valence-electron chi connectivity index (χ2n) is 6.40. The van der Waals surface area contributed by atoms with Crippen molar-refractivity contribution in [2.24, 2.45) is 11.1 Å². The first-order chi connectivity index (χ1) is 9.81. The zero-order chi connectivity index (χ0) is 13.8. The molecule has 0 aromatic rings. The van der Waals surface area contributed by atoms with Gasteiger partial charge in [-0.25, -0.2) is 0 Å². The van der Waals surface area contributed by atoms with Gasteiger partial charge in [0.05, 0.1) is 0 Å². The van der Waals surface area contributed by atoms with E-state index in [1.165, 1.54) is 32.4 Å². The Morgan fingerprint density at radius 3 is 2.60 bits per heavy atom. The highest BCUT2D eigenvalue weighted by Gasteiger charge is 2.29. The van der Waals surface area contributed by atoms with Crippen LogP contribution in [0.2, 0.25) is 0 Å². The summed E-state index contributed by atoms with van der Waals surface area (Å²) in [5.74, 6) is 1.31. The number of nitrogens with zero attached hydrogens (tertiary/aromatic N) is 3. The normalized spacial score (nSPS) is 30.4. The molecule has 5 heteroatoms. The summed E-state index contributed by atoms with van der Waals surface area (Å²) in [6.45, 7) is 6.27. The van der Waals surface area contributed by atoms with Gasteiger partial charge in [-0.05, 0) is 58.9 Å². The van der Waals surface area contributed by atoms with Crippen molar-refractivity contribution in [3.05, 3.63) is 0 Å². The molecular weight excluding hydrogens is 254 g/mol. The Morgan fingerprint density at radius 1 is 1.10 bits per heavy atom. The van der Waals surface area contributed by atoms with Crippen LogP contribution in [-0.4, -0.2) is 68.2 Å². The Morgan fingerprint density at radius 2 is 1.85 bits per heavy atom. The second-order valence-corrected chi connectivity index (χ2v) is 6.40. The molecule has 5 nitrogen and oxygen atoms in total.